The monoisotopic (exact) mass is 308 g/mol. The molecule has 1 aliphatic rings. The van der Waals surface area contributed by atoms with E-state index in [-0.39, 0.29) is 5.97 Å². The number of rotatable bonds is 2. The Bertz CT molecular complexity index is 707. The van der Waals surface area contributed by atoms with Gasteiger partial charge in [0.25, 0.3) is 0 Å². The van der Waals surface area contributed by atoms with E-state index in [0.717, 1.165) is 24.0 Å². The molecule has 0 unspecified atom stereocenters. The normalized spacial score (nSPS) is 17.0. The SMILES string of the molecule is Cc1cccc(C2(c3cccc(C)c3C)CCCOC2=O)c1C. The topological polar surface area (TPSA) is 26.3 Å². The van der Waals surface area contributed by atoms with E-state index < -0.39 is 5.41 Å². The molecule has 2 heteroatoms. The van der Waals surface area contributed by atoms with Crippen LogP contribution in [0.5, 0.6) is 0 Å². The summed E-state index contributed by atoms with van der Waals surface area (Å²) in [7, 11) is 0. The van der Waals surface area contributed by atoms with Crippen LogP contribution in [-0.2, 0) is 14.9 Å². The zero-order valence-corrected chi connectivity index (χ0v) is 14.4. The Kier molecular flexibility index (Phi) is 4.01. The maximum absolute atomic E-state index is 13.0. The highest BCUT2D eigenvalue weighted by Crippen LogP contribution is 2.44. The third kappa shape index (κ3) is 2.37. The molecule has 0 N–H and O–H groups in total. The fraction of sp³-hybridized carbons (Fsp3) is 0.381. The summed E-state index contributed by atoms with van der Waals surface area (Å²) in [6, 6.07) is 12.5. The third-order valence-electron chi connectivity index (χ3n) is 5.41. The Morgan fingerprint density at radius 1 is 0.870 bits per heavy atom. The minimum atomic E-state index is -0.676. The Morgan fingerprint density at radius 3 is 1.87 bits per heavy atom. The summed E-state index contributed by atoms with van der Waals surface area (Å²) in [6.45, 7) is 8.95. The van der Waals surface area contributed by atoms with Crippen LogP contribution in [0.2, 0.25) is 0 Å². The van der Waals surface area contributed by atoms with E-state index >= 15 is 0 Å². The van der Waals surface area contributed by atoms with Crippen LogP contribution < -0.4 is 0 Å². The zero-order valence-electron chi connectivity index (χ0n) is 14.4. The molecule has 0 aliphatic carbocycles. The molecule has 1 heterocycles. The number of cyclic esters (lactones) is 1. The number of ether oxygens (including phenoxy) is 1. The highest BCUT2D eigenvalue weighted by Gasteiger charge is 2.47. The van der Waals surface area contributed by atoms with Crippen molar-refractivity contribution in [1.82, 2.24) is 0 Å². The van der Waals surface area contributed by atoms with Crippen LogP contribution in [-0.4, -0.2) is 12.6 Å². The van der Waals surface area contributed by atoms with Crippen molar-refractivity contribution in [2.24, 2.45) is 0 Å². The molecule has 3 rings (SSSR count). The smallest absolute Gasteiger partial charge is 0.321 e. The quantitative estimate of drug-likeness (QED) is 0.761. The van der Waals surface area contributed by atoms with Gasteiger partial charge in [-0.05, 0) is 73.9 Å². The van der Waals surface area contributed by atoms with E-state index in [0.29, 0.717) is 6.61 Å². The van der Waals surface area contributed by atoms with Crippen molar-refractivity contribution < 1.29 is 9.53 Å². The predicted molar refractivity (Wildman–Crippen MR) is 92.8 cm³/mol. The van der Waals surface area contributed by atoms with E-state index in [4.69, 9.17) is 4.74 Å². The maximum Gasteiger partial charge on any atom is 0.321 e. The van der Waals surface area contributed by atoms with Gasteiger partial charge in [0.05, 0.1) is 6.61 Å². The molecule has 1 aliphatic heterocycles. The summed E-state index contributed by atoms with van der Waals surface area (Å²) in [5.41, 5.74) is 6.31. The highest BCUT2D eigenvalue weighted by atomic mass is 16.5. The lowest BCUT2D eigenvalue weighted by Gasteiger charge is -2.38. The summed E-state index contributed by atoms with van der Waals surface area (Å²) in [6.07, 6.45) is 1.70. The lowest BCUT2D eigenvalue weighted by atomic mass is 9.67. The molecule has 120 valence electrons. The third-order valence-corrected chi connectivity index (χ3v) is 5.41. The second kappa shape index (κ2) is 5.84. The van der Waals surface area contributed by atoms with Crippen LogP contribution in [0, 0.1) is 27.7 Å². The van der Waals surface area contributed by atoms with Gasteiger partial charge in [0.15, 0.2) is 0 Å². The first kappa shape index (κ1) is 15.8. The largest absolute Gasteiger partial charge is 0.465 e. The summed E-state index contributed by atoms with van der Waals surface area (Å²) >= 11 is 0. The first-order valence-corrected chi connectivity index (χ1v) is 8.29. The van der Waals surface area contributed by atoms with E-state index in [1.54, 1.807) is 0 Å². The molecule has 2 aromatic rings. The first-order valence-electron chi connectivity index (χ1n) is 8.29. The fourth-order valence-corrected chi connectivity index (χ4v) is 3.79. The molecule has 0 amide bonds. The molecule has 1 saturated heterocycles. The Balaban J connectivity index is 2.34. The summed E-state index contributed by atoms with van der Waals surface area (Å²) < 4.78 is 5.55. The van der Waals surface area contributed by atoms with Crippen molar-refractivity contribution in [3.05, 3.63) is 69.8 Å². The molecule has 0 bridgehead atoms. The van der Waals surface area contributed by atoms with Crippen LogP contribution >= 0.6 is 0 Å². The number of carbonyl (C=O) groups is 1. The molecule has 0 aromatic heterocycles. The second-order valence-corrected chi connectivity index (χ2v) is 6.64. The number of aryl methyl sites for hydroxylation is 2. The van der Waals surface area contributed by atoms with E-state index in [2.05, 4.69) is 52.0 Å². The van der Waals surface area contributed by atoms with Gasteiger partial charge in [-0.3, -0.25) is 4.79 Å². The Hall–Kier alpha value is -2.09. The highest BCUT2D eigenvalue weighted by molar-refractivity contribution is 5.89. The van der Waals surface area contributed by atoms with Crippen LogP contribution in [0.15, 0.2) is 36.4 Å². The lowest BCUT2D eigenvalue weighted by Crippen LogP contribution is -2.43. The van der Waals surface area contributed by atoms with Crippen molar-refractivity contribution in [1.29, 1.82) is 0 Å². The van der Waals surface area contributed by atoms with Crippen LogP contribution in [0.3, 0.4) is 0 Å². The number of esters is 1. The van der Waals surface area contributed by atoms with Crippen molar-refractivity contribution in [2.45, 2.75) is 46.0 Å². The minimum Gasteiger partial charge on any atom is -0.465 e. The van der Waals surface area contributed by atoms with E-state index in [1.165, 1.54) is 22.3 Å². The van der Waals surface area contributed by atoms with Crippen molar-refractivity contribution in [2.75, 3.05) is 6.61 Å². The molecule has 1 fully saturated rings. The number of hydrogen-bond donors (Lipinski definition) is 0. The van der Waals surface area contributed by atoms with Crippen LogP contribution in [0.25, 0.3) is 0 Å². The van der Waals surface area contributed by atoms with Gasteiger partial charge >= 0.3 is 5.97 Å². The van der Waals surface area contributed by atoms with Crippen molar-refractivity contribution in [3.63, 3.8) is 0 Å². The summed E-state index contributed by atoms with van der Waals surface area (Å²) in [5.74, 6) is -0.105. The van der Waals surface area contributed by atoms with Gasteiger partial charge in [-0.15, -0.1) is 0 Å². The molecule has 0 spiro atoms. The molecule has 2 nitrogen and oxygen atoms in total. The van der Waals surface area contributed by atoms with Gasteiger partial charge in [0.1, 0.15) is 5.41 Å². The van der Waals surface area contributed by atoms with Gasteiger partial charge in [0, 0.05) is 0 Å². The molecule has 2 aromatic carbocycles. The van der Waals surface area contributed by atoms with Gasteiger partial charge in [-0.25, -0.2) is 0 Å². The number of benzene rings is 2. The van der Waals surface area contributed by atoms with Crippen LogP contribution in [0.4, 0.5) is 0 Å². The number of carbonyl (C=O) groups excluding carboxylic acids is 1. The second-order valence-electron chi connectivity index (χ2n) is 6.64. The van der Waals surface area contributed by atoms with Gasteiger partial charge in [0.2, 0.25) is 0 Å². The zero-order chi connectivity index (χ0) is 16.6. The van der Waals surface area contributed by atoms with Crippen LogP contribution in [0.1, 0.15) is 46.2 Å². The number of hydrogen-bond acceptors (Lipinski definition) is 2. The minimum absolute atomic E-state index is 0.105. The van der Waals surface area contributed by atoms with Gasteiger partial charge < -0.3 is 4.74 Å². The van der Waals surface area contributed by atoms with Gasteiger partial charge in [-0.2, -0.15) is 0 Å². The molecule has 0 radical (unpaired) electrons. The Morgan fingerprint density at radius 2 is 1.39 bits per heavy atom. The van der Waals surface area contributed by atoms with E-state index in [1.807, 2.05) is 12.1 Å². The van der Waals surface area contributed by atoms with Gasteiger partial charge in [-0.1, -0.05) is 36.4 Å². The average molecular weight is 308 g/mol. The summed E-state index contributed by atoms with van der Waals surface area (Å²) in [5, 5.41) is 0. The fourth-order valence-electron chi connectivity index (χ4n) is 3.79. The summed E-state index contributed by atoms with van der Waals surface area (Å²) in [4.78, 5) is 13.0. The Labute approximate surface area is 138 Å². The predicted octanol–water partition coefficient (Wildman–Crippen LogP) is 4.54. The molecular weight excluding hydrogens is 284 g/mol. The van der Waals surface area contributed by atoms with Crippen molar-refractivity contribution in [3.8, 4) is 0 Å². The molecular formula is C21H24O2. The molecule has 0 saturated carbocycles. The standard InChI is InChI=1S/C21H24O2/c1-14-8-5-10-18(16(14)3)21(12-7-13-23-20(21)22)19-11-6-9-15(2)17(19)4/h5-6,8-11H,7,12-13H2,1-4H3. The molecule has 23 heavy (non-hydrogen) atoms. The first-order chi connectivity index (χ1) is 11.0. The average Bonchev–Trinajstić information content (AvgIpc) is 2.54. The lowest BCUT2D eigenvalue weighted by molar-refractivity contribution is -0.153. The molecule has 0 atom stereocenters. The van der Waals surface area contributed by atoms with Crippen molar-refractivity contribution >= 4 is 5.97 Å². The van der Waals surface area contributed by atoms with E-state index in [9.17, 15) is 4.79 Å². The maximum atomic E-state index is 13.0.